The van der Waals surface area contributed by atoms with Crippen molar-refractivity contribution in [2.24, 2.45) is 5.92 Å². The van der Waals surface area contributed by atoms with Crippen LogP contribution < -0.4 is 10.1 Å². The number of nitrogens with one attached hydrogen (secondary N) is 1. The first-order valence-electron chi connectivity index (χ1n) is 10.6. The van der Waals surface area contributed by atoms with E-state index in [4.69, 9.17) is 14.2 Å². The number of carbonyl (C=O) groups is 1. The van der Waals surface area contributed by atoms with Crippen molar-refractivity contribution < 1.29 is 46.1 Å². The van der Waals surface area contributed by atoms with E-state index in [2.05, 4.69) is 10.3 Å². The van der Waals surface area contributed by atoms with E-state index < -0.39 is 59.1 Å². The SMILES string of the molecule is COCC(O)c1ccc(NC(=O)[C@@H]2O[C@@](C)(C(F)(F)F)[C@@H](C)[C@H]2c2ccc(F)c(F)c2OC)cn1. The molecule has 2 heterocycles. The van der Waals surface area contributed by atoms with Gasteiger partial charge < -0.3 is 24.6 Å². The average Bonchev–Trinajstić information content (AvgIpc) is 3.08. The molecule has 1 aromatic heterocycles. The fourth-order valence-corrected chi connectivity index (χ4v) is 4.17. The Morgan fingerprint density at radius 1 is 1.26 bits per heavy atom. The standard InChI is InChI=1S/C23H25F5N2O5/c1-11-17(13-6-7-14(24)18(25)19(13)34-4)20(35-22(11,2)23(26,27)28)21(32)30-12-5-8-15(29-9-12)16(31)10-33-3/h5-9,11,16-17,20,31H,10H2,1-4H3,(H,30,32)/t11-,16?,17-,20+,22+/m0/s1. The van der Waals surface area contributed by atoms with Crippen molar-refractivity contribution in [3.63, 3.8) is 0 Å². The number of aliphatic hydroxyl groups is 1. The van der Waals surface area contributed by atoms with Gasteiger partial charge in [0.05, 0.1) is 31.3 Å². The van der Waals surface area contributed by atoms with Gasteiger partial charge in [-0.25, -0.2) is 4.39 Å². The molecule has 0 bridgehead atoms. The van der Waals surface area contributed by atoms with Crippen LogP contribution in [0.1, 0.15) is 37.1 Å². The van der Waals surface area contributed by atoms with Gasteiger partial charge >= 0.3 is 6.18 Å². The summed E-state index contributed by atoms with van der Waals surface area (Å²) < 4.78 is 85.2. The minimum Gasteiger partial charge on any atom is -0.493 e. The summed E-state index contributed by atoms with van der Waals surface area (Å²) in [6.07, 6.45) is -6.40. The van der Waals surface area contributed by atoms with Crippen LogP contribution in [0.15, 0.2) is 30.5 Å². The van der Waals surface area contributed by atoms with Gasteiger partial charge in [-0.1, -0.05) is 13.0 Å². The molecular formula is C23H25F5N2O5. The molecule has 2 aromatic rings. The van der Waals surface area contributed by atoms with Crippen molar-refractivity contribution in [1.29, 1.82) is 0 Å². The van der Waals surface area contributed by atoms with E-state index in [1.54, 1.807) is 0 Å². The van der Waals surface area contributed by atoms with Crippen molar-refractivity contribution in [1.82, 2.24) is 4.98 Å². The molecule has 5 atom stereocenters. The lowest BCUT2D eigenvalue weighted by molar-refractivity contribution is -0.272. The van der Waals surface area contributed by atoms with Crippen LogP contribution in [0.2, 0.25) is 0 Å². The molecule has 1 amide bonds. The van der Waals surface area contributed by atoms with Gasteiger partial charge in [0.1, 0.15) is 12.2 Å². The van der Waals surface area contributed by atoms with Gasteiger partial charge in [0.15, 0.2) is 17.2 Å². The highest BCUT2D eigenvalue weighted by atomic mass is 19.4. The number of nitrogens with zero attached hydrogens (tertiary/aromatic N) is 1. The molecule has 0 radical (unpaired) electrons. The van der Waals surface area contributed by atoms with Gasteiger partial charge in [-0.05, 0) is 25.1 Å². The number of alkyl halides is 3. The Kier molecular flexibility index (Phi) is 7.68. The van der Waals surface area contributed by atoms with Gasteiger partial charge in [-0.15, -0.1) is 0 Å². The Morgan fingerprint density at radius 3 is 2.49 bits per heavy atom. The maximum absolute atomic E-state index is 14.4. The molecule has 35 heavy (non-hydrogen) atoms. The molecule has 3 rings (SSSR count). The predicted octanol–water partition coefficient (Wildman–Crippen LogP) is 4.13. The predicted molar refractivity (Wildman–Crippen MR) is 114 cm³/mol. The molecule has 1 unspecified atom stereocenters. The summed E-state index contributed by atoms with van der Waals surface area (Å²) in [4.78, 5) is 17.1. The zero-order chi connectivity index (χ0) is 26.1. The lowest BCUT2D eigenvalue weighted by atomic mass is 9.77. The number of methoxy groups -OCH3 is 2. The van der Waals surface area contributed by atoms with Crippen LogP contribution in [0.25, 0.3) is 0 Å². The lowest BCUT2D eigenvalue weighted by Gasteiger charge is -2.32. The van der Waals surface area contributed by atoms with E-state index in [1.165, 1.54) is 32.4 Å². The summed E-state index contributed by atoms with van der Waals surface area (Å²) in [7, 11) is 2.44. The Labute approximate surface area is 198 Å². The summed E-state index contributed by atoms with van der Waals surface area (Å²) in [5, 5.41) is 12.4. The Hall–Kier alpha value is -2.83. The fourth-order valence-electron chi connectivity index (χ4n) is 4.17. The Bertz CT molecular complexity index is 1070. The van der Waals surface area contributed by atoms with E-state index in [0.717, 1.165) is 26.2 Å². The van der Waals surface area contributed by atoms with Crippen molar-refractivity contribution in [2.45, 2.75) is 43.8 Å². The molecule has 1 aliphatic heterocycles. The number of benzene rings is 1. The first-order valence-corrected chi connectivity index (χ1v) is 10.6. The van der Waals surface area contributed by atoms with Crippen LogP contribution >= 0.6 is 0 Å². The summed E-state index contributed by atoms with van der Waals surface area (Å²) >= 11 is 0. The summed E-state index contributed by atoms with van der Waals surface area (Å²) in [6, 6.07) is 4.64. The third-order valence-corrected chi connectivity index (χ3v) is 6.29. The van der Waals surface area contributed by atoms with Crippen LogP contribution in [0, 0.1) is 17.6 Å². The average molecular weight is 504 g/mol. The topological polar surface area (TPSA) is 89.9 Å². The van der Waals surface area contributed by atoms with Gasteiger partial charge in [0, 0.05) is 24.5 Å². The van der Waals surface area contributed by atoms with E-state index in [0.29, 0.717) is 0 Å². The molecular weight excluding hydrogens is 479 g/mol. The molecule has 0 spiro atoms. The highest BCUT2D eigenvalue weighted by Crippen LogP contribution is 2.55. The number of amides is 1. The Balaban J connectivity index is 1.98. The maximum Gasteiger partial charge on any atom is 0.417 e. The number of pyridine rings is 1. The number of aliphatic hydroxyl groups excluding tert-OH is 1. The first-order chi connectivity index (χ1) is 16.4. The van der Waals surface area contributed by atoms with E-state index in [9.17, 15) is 31.9 Å². The summed E-state index contributed by atoms with van der Waals surface area (Å²) in [5.74, 6) is -6.89. The van der Waals surface area contributed by atoms with E-state index in [-0.39, 0.29) is 23.6 Å². The van der Waals surface area contributed by atoms with Crippen LogP contribution in [-0.4, -0.2) is 54.7 Å². The van der Waals surface area contributed by atoms with E-state index >= 15 is 0 Å². The molecule has 7 nitrogen and oxygen atoms in total. The molecule has 1 saturated heterocycles. The van der Waals surface area contributed by atoms with Crippen molar-refractivity contribution >= 4 is 11.6 Å². The minimum absolute atomic E-state index is 0.0136. The monoisotopic (exact) mass is 504 g/mol. The largest absolute Gasteiger partial charge is 0.493 e. The van der Waals surface area contributed by atoms with Gasteiger partial charge in [-0.2, -0.15) is 17.6 Å². The van der Waals surface area contributed by atoms with E-state index in [1.807, 2.05) is 0 Å². The van der Waals surface area contributed by atoms with Gasteiger partial charge in [-0.3, -0.25) is 9.78 Å². The van der Waals surface area contributed by atoms with Crippen LogP contribution in [0.5, 0.6) is 5.75 Å². The zero-order valence-electron chi connectivity index (χ0n) is 19.3. The van der Waals surface area contributed by atoms with Crippen molar-refractivity contribution in [3.8, 4) is 5.75 Å². The lowest BCUT2D eigenvalue weighted by Crippen LogP contribution is -2.47. The van der Waals surface area contributed by atoms with Gasteiger partial charge in [0.2, 0.25) is 5.82 Å². The number of carbonyl (C=O) groups excluding carboxylic acids is 1. The highest BCUT2D eigenvalue weighted by Gasteiger charge is 2.65. The second-order valence-corrected chi connectivity index (χ2v) is 8.37. The minimum atomic E-state index is -4.87. The third-order valence-electron chi connectivity index (χ3n) is 6.29. The highest BCUT2D eigenvalue weighted by molar-refractivity contribution is 5.95. The maximum atomic E-state index is 14.4. The van der Waals surface area contributed by atoms with Crippen LogP contribution in [0.3, 0.4) is 0 Å². The second kappa shape index (κ2) is 10.0. The Morgan fingerprint density at radius 2 is 1.94 bits per heavy atom. The number of halogens is 5. The number of rotatable bonds is 7. The molecule has 1 aromatic carbocycles. The van der Waals surface area contributed by atoms with Crippen molar-refractivity contribution in [2.75, 3.05) is 26.1 Å². The smallest absolute Gasteiger partial charge is 0.417 e. The zero-order valence-corrected chi connectivity index (χ0v) is 19.3. The molecule has 2 N–H and O–H groups in total. The first kappa shape index (κ1) is 26.8. The number of hydrogen-bond donors (Lipinski definition) is 2. The number of anilines is 1. The normalized spacial score (nSPS) is 25.4. The fraction of sp³-hybridized carbons (Fsp3) is 0.478. The molecule has 1 aliphatic rings. The van der Waals surface area contributed by atoms with Crippen LogP contribution in [-0.2, 0) is 14.3 Å². The number of aromatic nitrogens is 1. The van der Waals surface area contributed by atoms with Crippen LogP contribution in [0.4, 0.5) is 27.6 Å². The van der Waals surface area contributed by atoms with Crippen molar-refractivity contribution in [3.05, 3.63) is 53.4 Å². The molecule has 0 saturated carbocycles. The molecule has 192 valence electrons. The quantitative estimate of drug-likeness (QED) is 0.552. The van der Waals surface area contributed by atoms with Gasteiger partial charge in [0.25, 0.3) is 5.91 Å². The molecule has 0 aliphatic carbocycles. The number of hydrogen-bond acceptors (Lipinski definition) is 6. The second-order valence-electron chi connectivity index (χ2n) is 8.37. The summed E-state index contributed by atoms with van der Waals surface area (Å²) in [5.41, 5.74) is -2.52. The summed E-state index contributed by atoms with van der Waals surface area (Å²) in [6.45, 7) is 2.01. The number of ether oxygens (including phenoxy) is 3. The molecule has 1 fully saturated rings. The third kappa shape index (κ3) is 4.95. The molecule has 12 heteroatoms.